The van der Waals surface area contributed by atoms with Crippen LogP contribution in [0.15, 0.2) is 36.7 Å². The Labute approximate surface area is 152 Å². The predicted molar refractivity (Wildman–Crippen MR) is 99.9 cm³/mol. The number of ketones is 1. The second kappa shape index (κ2) is 7.66. The Bertz CT molecular complexity index is 928. The Kier molecular flexibility index (Phi) is 5.32. The molecule has 0 amide bonds. The lowest BCUT2D eigenvalue weighted by atomic mass is 10.1. The number of benzene rings is 1. The molecule has 3 rings (SSSR count). The van der Waals surface area contributed by atoms with Gasteiger partial charge in [0.1, 0.15) is 6.33 Å². The molecule has 6 nitrogen and oxygen atoms in total. The fourth-order valence-electron chi connectivity index (χ4n) is 3.36. The molecule has 0 aliphatic heterocycles. The van der Waals surface area contributed by atoms with Gasteiger partial charge in [-0.25, -0.2) is 9.97 Å². The highest BCUT2D eigenvalue weighted by Crippen LogP contribution is 2.23. The molecule has 3 aromatic rings. The number of nitrogens with zero attached hydrogens (tertiary/aromatic N) is 3. The van der Waals surface area contributed by atoms with Gasteiger partial charge in [0, 0.05) is 24.1 Å². The molecule has 0 radical (unpaired) electrons. The van der Waals surface area contributed by atoms with Crippen molar-refractivity contribution in [2.24, 2.45) is 0 Å². The number of carbonyl (C=O) groups excluding carboxylic acids is 1. The zero-order valence-corrected chi connectivity index (χ0v) is 15.5. The third kappa shape index (κ3) is 3.46. The highest BCUT2D eigenvalue weighted by atomic mass is 16.5. The first-order valence-corrected chi connectivity index (χ1v) is 8.56. The fraction of sp³-hybridized carbons (Fsp3) is 0.350. The van der Waals surface area contributed by atoms with Crippen LogP contribution >= 0.6 is 0 Å². The summed E-state index contributed by atoms with van der Waals surface area (Å²) in [5.41, 5.74) is 3.41. The standard InChI is InChI=1S/C20H23N3O3/c1-13-9-17(15(3)23(13)14(2)10-25-4)19(24)11-26-20-16-7-5-6-8-18(16)21-12-22-20/h5-9,12,14H,10-11H2,1-4H3. The van der Waals surface area contributed by atoms with Crippen LogP contribution in [0.1, 0.15) is 34.7 Å². The third-order valence-corrected chi connectivity index (χ3v) is 4.48. The van der Waals surface area contributed by atoms with Crippen LogP contribution in [0, 0.1) is 13.8 Å². The van der Waals surface area contributed by atoms with Crippen LogP contribution in [0.2, 0.25) is 0 Å². The lowest BCUT2D eigenvalue weighted by molar-refractivity contribution is 0.0918. The number of para-hydroxylation sites is 1. The van der Waals surface area contributed by atoms with E-state index in [0.717, 1.165) is 22.3 Å². The van der Waals surface area contributed by atoms with Crippen molar-refractivity contribution in [2.45, 2.75) is 26.8 Å². The fourth-order valence-corrected chi connectivity index (χ4v) is 3.36. The minimum Gasteiger partial charge on any atom is -0.469 e. The molecule has 0 saturated heterocycles. The van der Waals surface area contributed by atoms with Gasteiger partial charge in [-0.3, -0.25) is 4.79 Å². The number of aryl methyl sites for hydroxylation is 1. The average molecular weight is 353 g/mol. The van der Waals surface area contributed by atoms with E-state index in [2.05, 4.69) is 21.5 Å². The lowest BCUT2D eigenvalue weighted by Crippen LogP contribution is -2.16. The number of hydrogen-bond donors (Lipinski definition) is 0. The molecular weight excluding hydrogens is 330 g/mol. The van der Waals surface area contributed by atoms with Crippen LogP contribution in [0.25, 0.3) is 10.9 Å². The average Bonchev–Trinajstić information content (AvgIpc) is 2.94. The Morgan fingerprint density at radius 2 is 2.00 bits per heavy atom. The molecule has 2 aromatic heterocycles. The van der Waals surface area contributed by atoms with Gasteiger partial charge in [-0.2, -0.15) is 0 Å². The first-order valence-electron chi connectivity index (χ1n) is 8.56. The van der Waals surface area contributed by atoms with E-state index >= 15 is 0 Å². The summed E-state index contributed by atoms with van der Waals surface area (Å²) in [4.78, 5) is 21.1. The van der Waals surface area contributed by atoms with Gasteiger partial charge in [-0.05, 0) is 39.0 Å². The number of aromatic nitrogens is 3. The van der Waals surface area contributed by atoms with Gasteiger partial charge in [-0.15, -0.1) is 0 Å². The molecule has 0 saturated carbocycles. The summed E-state index contributed by atoms with van der Waals surface area (Å²) in [5.74, 6) is 0.349. The maximum Gasteiger partial charge on any atom is 0.224 e. The van der Waals surface area contributed by atoms with Gasteiger partial charge in [0.15, 0.2) is 6.61 Å². The largest absolute Gasteiger partial charge is 0.469 e. The van der Waals surface area contributed by atoms with E-state index in [0.29, 0.717) is 18.1 Å². The second-order valence-electron chi connectivity index (χ2n) is 6.37. The van der Waals surface area contributed by atoms with Crippen molar-refractivity contribution in [3.8, 4) is 5.88 Å². The van der Waals surface area contributed by atoms with Crippen molar-refractivity contribution >= 4 is 16.7 Å². The van der Waals surface area contributed by atoms with Gasteiger partial charge in [0.2, 0.25) is 11.7 Å². The summed E-state index contributed by atoms with van der Waals surface area (Å²) in [6, 6.07) is 9.63. The van der Waals surface area contributed by atoms with Gasteiger partial charge >= 0.3 is 0 Å². The van der Waals surface area contributed by atoms with Crippen LogP contribution in [0.3, 0.4) is 0 Å². The van der Waals surface area contributed by atoms with Gasteiger partial charge in [-0.1, -0.05) is 12.1 Å². The first kappa shape index (κ1) is 18.1. The molecule has 0 aliphatic rings. The molecular formula is C20H23N3O3. The molecule has 0 bridgehead atoms. The molecule has 26 heavy (non-hydrogen) atoms. The summed E-state index contributed by atoms with van der Waals surface area (Å²) in [6.45, 7) is 6.54. The highest BCUT2D eigenvalue weighted by molar-refractivity contribution is 5.98. The SMILES string of the molecule is COCC(C)n1c(C)cc(C(=O)COc2ncnc3ccccc23)c1C. The van der Waals surface area contributed by atoms with E-state index in [1.165, 1.54) is 6.33 Å². The van der Waals surface area contributed by atoms with Gasteiger partial charge < -0.3 is 14.0 Å². The van der Waals surface area contributed by atoms with Gasteiger partial charge in [0.05, 0.1) is 23.6 Å². The zero-order chi connectivity index (χ0) is 18.7. The maximum absolute atomic E-state index is 12.7. The number of fused-ring (bicyclic) bond motifs is 1. The Morgan fingerprint density at radius 3 is 2.77 bits per heavy atom. The Hall–Kier alpha value is -2.73. The zero-order valence-electron chi connectivity index (χ0n) is 15.5. The van der Waals surface area contributed by atoms with Gasteiger partial charge in [0.25, 0.3) is 0 Å². The molecule has 1 unspecified atom stereocenters. The smallest absolute Gasteiger partial charge is 0.224 e. The van der Waals surface area contributed by atoms with Crippen molar-refractivity contribution in [3.63, 3.8) is 0 Å². The molecule has 0 fully saturated rings. The highest BCUT2D eigenvalue weighted by Gasteiger charge is 2.19. The summed E-state index contributed by atoms with van der Waals surface area (Å²) >= 11 is 0. The number of hydrogen-bond acceptors (Lipinski definition) is 5. The number of Topliss-reactive ketones (excluding diaryl/α,β-unsaturated/α-hetero) is 1. The lowest BCUT2D eigenvalue weighted by Gasteiger charge is -2.17. The minimum atomic E-state index is -0.0725. The topological polar surface area (TPSA) is 66.2 Å². The van der Waals surface area contributed by atoms with Crippen LogP contribution < -0.4 is 4.74 Å². The molecule has 0 N–H and O–H groups in total. The van der Waals surface area contributed by atoms with E-state index in [-0.39, 0.29) is 18.4 Å². The van der Waals surface area contributed by atoms with Crippen molar-refractivity contribution in [1.82, 2.24) is 14.5 Å². The van der Waals surface area contributed by atoms with Crippen molar-refractivity contribution in [3.05, 3.63) is 53.6 Å². The van der Waals surface area contributed by atoms with Crippen LogP contribution in [-0.4, -0.2) is 40.6 Å². The molecule has 2 heterocycles. The summed E-state index contributed by atoms with van der Waals surface area (Å²) in [7, 11) is 1.68. The van der Waals surface area contributed by atoms with E-state index < -0.39 is 0 Å². The number of rotatable bonds is 7. The van der Waals surface area contributed by atoms with Crippen LogP contribution in [0.5, 0.6) is 5.88 Å². The monoisotopic (exact) mass is 353 g/mol. The van der Waals surface area contributed by atoms with Crippen LogP contribution in [0.4, 0.5) is 0 Å². The minimum absolute atomic E-state index is 0.0655. The quantitative estimate of drug-likeness (QED) is 0.608. The molecule has 1 atom stereocenters. The van der Waals surface area contributed by atoms with Crippen LogP contribution in [-0.2, 0) is 4.74 Å². The molecule has 0 aliphatic carbocycles. The van der Waals surface area contributed by atoms with E-state index in [1.54, 1.807) is 7.11 Å². The Balaban J connectivity index is 1.79. The second-order valence-corrected chi connectivity index (χ2v) is 6.37. The summed E-state index contributed by atoms with van der Waals surface area (Å²) in [6.07, 6.45) is 1.44. The summed E-state index contributed by atoms with van der Waals surface area (Å²) < 4.78 is 13.1. The van der Waals surface area contributed by atoms with Crippen molar-refractivity contribution in [2.75, 3.05) is 20.3 Å². The van der Waals surface area contributed by atoms with Crippen molar-refractivity contribution in [1.29, 1.82) is 0 Å². The normalized spacial score (nSPS) is 12.3. The van der Waals surface area contributed by atoms with E-state index in [4.69, 9.17) is 9.47 Å². The number of methoxy groups -OCH3 is 1. The number of carbonyl (C=O) groups is 1. The van der Waals surface area contributed by atoms with Crippen molar-refractivity contribution < 1.29 is 14.3 Å². The number of ether oxygens (including phenoxy) is 2. The summed E-state index contributed by atoms with van der Waals surface area (Å²) in [5, 5.41) is 0.794. The first-order chi connectivity index (χ1) is 12.5. The molecule has 1 aromatic carbocycles. The molecule has 136 valence electrons. The maximum atomic E-state index is 12.7. The third-order valence-electron chi connectivity index (χ3n) is 4.48. The molecule has 6 heteroatoms. The predicted octanol–water partition coefficient (Wildman–Crippen LogP) is 3.52. The van der Waals surface area contributed by atoms with E-state index in [1.807, 2.05) is 44.2 Å². The van der Waals surface area contributed by atoms with E-state index in [9.17, 15) is 4.79 Å². The Morgan fingerprint density at radius 1 is 1.23 bits per heavy atom. The molecule has 0 spiro atoms.